The number of aromatic nitrogens is 3. The van der Waals surface area contributed by atoms with Crippen molar-refractivity contribution < 1.29 is 0 Å². The summed E-state index contributed by atoms with van der Waals surface area (Å²) in [5.41, 5.74) is 4.80. The van der Waals surface area contributed by atoms with E-state index in [-0.39, 0.29) is 11.5 Å². The Hall–Kier alpha value is -2.67. The molecule has 3 aromatic carbocycles. The van der Waals surface area contributed by atoms with Crippen molar-refractivity contribution in [3.05, 3.63) is 84.1 Å². The first-order chi connectivity index (χ1) is 17.5. The summed E-state index contributed by atoms with van der Waals surface area (Å²) in [6.07, 6.45) is 2.13. The van der Waals surface area contributed by atoms with Crippen molar-refractivity contribution >= 4 is 43.3 Å². The summed E-state index contributed by atoms with van der Waals surface area (Å²) in [6.45, 7) is 9.93. The standard InChI is InChI=1S/C30H32N4S2/c1-30(2,3)23-11-8-21(9-12-23)26-19-34(32-31-26)27(20-33-14-16-35-17-15-33)22-10-13-29-25(18-22)24-6-4-5-7-28(24)36-29/h4-13,18-19,27H,14-17,20H2,1-3H3. The average molecular weight is 513 g/mol. The minimum absolute atomic E-state index is 0.117. The zero-order valence-electron chi connectivity index (χ0n) is 21.1. The molecular formula is C30H32N4S2. The second kappa shape index (κ2) is 9.66. The first-order valence-corrected chi connectivity index (χ1v) is 14.7. The van der Waals surface area contributed by atoms with Gasteiger partial charge in [-0.05, 0) is 34.7 Å². The summed E-state index contributed by atoms with van der Waals surface area (Å²) in [7, 11) is 0. The fraction of sp³-hybridized carbons (Fsp3) is 0.333. The van der Waals surface area contributed by atoms with Crippen molar-refractivity contribution in [1.82, 2.24) is 19.9 Å². The summed E-state index contributed by atoms with van der Waals surface area (Å²) in [4.78, 5) is 2.58. The number of fused-ring (bicyclic) bond motifs is 3. The number of nitrogens with zero attached hydrogens (tertiary/aromatic N) is 4. The summed E-state index contributed by atoms with van der Waals surface area (Å²) < 4.78 is 4.77. The van der Waals surface area contributed by atoms with Crippen LogP contribution in [0.1, 0.15) is 37.9 Å². The van der Waals surface area contributed by atoms with Crippen molar-refractivity contribution in [2.45, 2.75) is 32.2 Å². The molecule has 5 aromatic rings. The van der Waals surface area contributed by atoms with Gasteiger partial charge in [0.15, 0.2) is 0 Å². The Morgan fingerprint density at radius 3 is 2.42 bits per heavy atom. The topological polar surface area (TPSA) is 34.0 Å². The van der Waals surface area contributed by atoms with Crippen LogP contribution in [0, 0.1) is 0 Å². The molecule has 0 N–H and O–H groups in total. The Balaban J connectivity index is 1.38. The molecule has 1 fully saturated rings. The van der Waals surface area contributed by atoms with Gasteiger partial charge in [-0.2, -0.15) is 11.8 Å². The van der Waals surface area contributed by atoms with Crippen LogP contribution in [0.3, 0.4) is 0 Å². The molecule has 36 heavy (non-hydrogen) atoms. The van der Waals surface area contributed by atoms with Gasteiger partial charge in [-0.25, -0.2) is 4.68 Å². The van der Waals surface area contributed by atoms with E-state index in [1.807, 2.05) is 11.3 Å². The normalized spacial score (nSPS) is 16.1. The summed E-state index contributed by atoms with van der Waals surface area (Å²) in [5, 5.41) is 12.0. The first kappa shape index (κ1) is 23.7. The van der Waals surface area contributed by atoms with Gasteiger partial charge in [-0.1, -0.05) is 74.5 Å². The van der Waals surface area contributed by atoms with E-state index in [2.05, 4.69) is 125 Å². The van der Waals surface area contributed by atoms with E-state index >= 15 is 0 Å². The lowest BCUT2D eigenvalue weighted by Gasteiger charge is -2.30. The Bertz CT molecular complexity index is 1490. The van der Waals surface area contributed by atoms with Crippen LogP contribution in [0.2, 0.25) is 0 Å². The Labute approximate surface area is 221 Å². The Morgan fingerprint density at radius 1 is 0.889 bits per heavy atom. The van der Waals surface area contributed by atoms with Crippen LogP contribution in [-0.4, -0.2) is 51.0 Å². The third-order valence-corrected chi connectivity index (χ3v) is 9.29. The predicted molar refractivity (Wildman–Crippen MR) is 155 cm³/mol. The maximum absolute atomic E-state index is 4.67. The van der Waals surface area contributed by atoms with E-state index in [0.717, 1.165) is 30.9 Å². The van der Waals surface area contributed by atoms with Gasteiger partial charge in [-0.3, -0.25) is 4.90 Å². The molecule has 0 saturated carbocycles. The van der Waals surface area contributed by atoms with Crippen molar-refractivity contribution in [3.63, 3.8) is 0 Å². The van der Waals surface area contributed by atoms with Gasteiger partial charge in [0.25, 0.3) is 0 Å². The number of benzene rings is 3. The minimum Gasteiger partial charge on any atom is -0.299 e. The van der Waals surface area contributed by atoms with Crippen LogP contribution in [0.25, 0.3) is 31.4 Å². The van der Waals surface area contributed by atoms with Crippen LogP contribution >= 0.6 is 23.1 Å². The highest BCUT2D eigenvalue weighted by Crippen LogP contribution is 2.36. The average Bonchev–Trinajstić information content (AvgIpc) is 3.52. The Morgan fingerprint density at radius 2 is 1.64 bits per heavy atom. The molecule has 4 nitrogen and oxygen atoms in total. The van der Waals surface area contributed by atoms with Crippen LogP contribution < -0.4 is 0 Å². The molecule has 0 amide bonds. The smallest absolute Gasteiger partial charge is 0.113 e. The number of hydrogen-bond donors (Lipinski definition) is 0. The van der Waals surface area contributed by atoms with Gasteiger partial charge >= 0.3 is 0 Å². The molecule has 1 aliphatic heterocycles. The quantitative estimate of drug-likeness (QED) is 0.248. The van der Waals surface area contributed by atoms with E-state index in [4.69, 9.17) is 0 Å². The molecule has 6 rings (SSSR count). The van der Waals surface area contributed by atoms with Gasteiger partial charge in [0, 0.05) is 56.9 Å². The minimum atomic E-state index is 0.117. The van der Waals surface area contributed by atoms with Crippen molar-refractivity contribution in [2.24, 2.45) is 0 Å². The molecule has 3 heterocycles. The fourth-order valence-corrected chi connectivity index (χ4v) is 7.09. The molecular weight excluding hydrogens is 480 g/mol. The molecule has 0 bridgehead atoms. The Kier molecular flexibility index (Phi) is 6.36. The van der Waals surface area contributed by atoms with Crippen molar-refractivity contribution in [3.8, 4) is 11.3 Å². The monoisotopic (exact) mass is 512 g/mol. The molecule has 0 radical (unpaired) electrons. The number of hydrogen-bond acceptors (Lipinski definition) is 5. The maximum Gasteiger partial charge on any atom is 0.113 e. The SMILES string of the molecule is CC(C)(C)c1ccc(-c2cn(C(CN3CCSCC3)c3ccc4sc5ccccc5c4c3)nn2)cc1. The van der Waals surface area contributed by atoms with E-state index in [1.165, 1.54) is 42.8 Å². The summed E-state index contributed by atoms with van der Waals surface area (Å²) in [6, 6.07) is 24.6. The largest absolute Gasteiger partial charge is 0.299 e. The lowest BCUT2D eigenvalue weighted by atomic mass is 9.86. The molecule has 0 aliphatic carbocycles. The number of thioether (sulfide) groups is 1. The lowest BCUT2D eigenvalue weighted by Crippen LogP contribution is -2.37. The van der Waals surface area contributed by atoms with Crippen molar-refractivity contribution in [1.29, 1.82) is 0 Å². The van der Waals surface area contributed by atoms with Gasteiger partial charge < -0.3 is 0 Å². The highest BCUT2D eigenvalue weighted by molar-refractivity contribution is 7.99. The van der Waals surface area contributed by atoms with Gasteiger partial charge in [0.1, 0.15) is 5.69 Å². The number of thiophene rings is 1. The zero-order chi connectivity index (χ0) is 24.7. The molecule has 1 atom stereocenters. The van der Waals surface area contributed by atoms with Crippen LogP contribution in [-0.2, 0) is 5.41 Å². The highest BCUT2D eigenvalue weighted by atomic mass is 32.2. The fourth-order valence-electron chi connectivity index (χ4n) is 5.02. The van der Waals surface area contributed by atoms with Crippen LogP contribution in [0.15, 0.2) is 72.9 Å². The van der Waals surface area contributed by atoms with E-state index in [0.29, 0.717) is 0 Å². The second-order valence-electron chi connectivity index (χ2n) is 10.7. The van der Waals surface area contributed by atoms with Crippen LogP contribution in [0.5, 0.6) is 0 Å². The predicted octanol–water partition coefficient (Wildman–Crippen LogP) is 7.25. The molecule has 1 aliphatic rings. The number of rotatable bonds is 5. The lowest BCUT2D eigenvalue weighted by molar-refractivity contribution is 0.260. The highest BCUT2D eigenvalue weighted by Gasteiger charge is 2.23. The molecule has 0 spiro atoms. The molecule has 184 valence electrons. The third-order valence-electron chi connectivity index (χ3n) is 7.20. The molecule has 1 unspecified atom stereocenters. The molecule has 6 heteroatoms. The van der Waals surface area contributed by atoms with Crippen molar-refractivity contribution in [2.75, 3.05) is 31.1 Å². The van der Waals surface area contributed by atoms with E-state index in [9.17, 15) is 0 Å². The second-order valence-corrected chi connectivity index (χ2v) is 13.0. The van der Waals surface area contributed by atoms with E-state index in [1.54, 1.807) is 0 Å². The van der Waals surface area contributed by atoms with Gasteiger partial charge in [0.05, 0.1) is 12.2 Å². The van der Waals surface area contributed by atoms with Gasteiger partial charge in [0.2, 0.25) is 0 Å². The maximum atomic E-state index is 4.67. The third kappa shape index (κ3) is 4.70. The van der Waals surface area contributed by atoms with E-state index < -0.39 is 0 Å². The zero-order valence-corrected chi connectivity index (χ0v) is 22.8. The van der Waals surface area contributed by atoms with Crippen LogP contribution in [0.4, 0.5) is 0 Å². The summed E-state index contributed by atoms with van der Waals surface area (Å²) in [5.74, 6) is 2.40. The molecule has 2 aromatic heterocycles. The summed E-state index contributed by atoms with van der Waals surface area (Å²) >= 11 is 3.92. The molecule has 1 saturated heterocycles. The first-order valence-electron chi connectivity index (χ1n) is 12.7. The van der Waals surface area contributed by atoms with Gasteiger partial charge in [-0.15, -0.1) is 16.4 Å².